The van der Waals surface area contributed by atoms with Crippen LogP contribution in [-0.2, 0) is 4.74 Å². The van der Waals surface area contributed by atoms with Crippen molar-refractivity contribution in [2.75, 3.05) is 7.11 Å². The average molecular weight is 238 g/mol. The molecule has 0 aliphatic heterocycles. The van der Waals surface area contributed by atoms with Crippen LogP contribution in [0.25, 0.3) is 0 Å². The fourth-order valence-electron chi connectivity index (χ4n) is 0.896. The van der Waals surface area contributed by atoms with E-state index < -0.39 is 11.9 Å². The van der Waals surface area contributed by atoms with Crippen LogP contribution in [0.15, 0.2) is 45.6 Å². The van der Waals surface area contributed by atoms with Crippen molar-refractivity contribution < 1.29 is 28.3 Å². The van der Waals surface area contributed by atoms with Crippen LogP contribution in [0.3, 0.4) is 0 Å². The van der Waals surface area contributed by atoms with Gasteiger partial charge in [-0.15, -0.1) is 0 Å². The van der Waals surface area contributed by atoms with Gasteiger partial charge in [-0.05, 0) is 24.3 Å². The van der Waals surface area contributed by atoms with E-state index in [4.69, 9.17) is 9.52 Å². The van der Waals surface area contributed by atoms with Gasteiger partial charge in [-0.1, -0.05) is 0 Å². The molecule has 2 aromatic heterocycles. The van der Waals surface area contributed by atoms with Crippen molar-refractivity contribution in [3.63, 3.8) is 0 Å². The van der Waals surface area contributed by atoms with E-state index in [1.54, 1.807) is 12.1 Å². The highest BCUT2D eigenvalue weighted by Crippen LogP contribution is 2.00. The molecule has 0 saturated heterocycles. The molecule has 90 valence electrons. The molecule has 0 spiro atoms. The summed E-state index contributed by atoms with van der Waals surface area (Å²) < 4.78 is 13.6. The molecule has 0 aromatic carbocycles. The third-order valence-electron chi connectivity index (χ3n) is 1.64. The summed E-state index contributed by atoms with van der Waals surface area (Å²) in [5, 5.41) is 8.18. The average Bonchev–Trinajstić information content (AvgIpc) is 3.01. The highest BCUT2D eigenvalue weighted by atomic mass is 16.5. The number of carbonyl (C=O) groups is 2. The molecule has 1 N–H and O–H groups in total. The molecule has 0 radical (unpaired) electrons. The first-order valence-electron chi connectivity index (χ1n) is 4.53. The lowest BCUT2D eigenvalue weighted by Gasteiger charge is -1.89. The number of esters is 1. The highest BCUT2D eigenvalue weighted by Gasteiger charge is 2.05. The number of furan rings is 2. The second kappa shape index (κ2) is 6.16. The van der Waals surface area contributed by atoms with E-state index in [-0.39, 0.29) is 11.5 Å². The molecule has 0 aliphatic rings. The summed E-state index contributed by atoms with van der Waals surface area (Å²) in [5.74, 6) is -1.27. The van der Waals surface area contributed by atoms with Crippen molar-refractivity contribution in [3.05, 3.63) is 48.3 Å². The molecular weight excluding hydrogens is 228 g/mol. The second-order valence-electron chi connectivity index (χ2n) is 2.75. The number of rotatable bonds is 2. The SMILES string of the molecule is COC(=O)c1ccco1.O=C(O)c1ccco1. The minimum atomic E-state index is -1.03. The summed E-state index contributed by atoms with van der Waals surface area (Å²) >= 11 is 0. The summed E-state index contributed by atoms with van der Waals surface area (Å²) in [6.07, 6.45) is 2.75. The van der Waals surface area contributed by atoms with Gasteiger partial charge in [0.2, 0.25) is 11.5 Å². The van der Waals surface area contributed by atoms with Crippen LogP contribution in [0.5, 0.6) is 0 Å². The Hall–Kier alpha value is -2.50. The third kappa shape index (κ3) is 3.86. The Bertz CT molecular complexity index is 454. The number of hydrogen-bond donors (Lipinski definition) is 1. The van der Waals surface area contributed by atoms with Crippen LogP contribution in [0.2, 0.25) is 0 Å². The Labute approximate surface area is 96.4 Å². The number of carboxylic acids is 1. The van der Waals surface area contributed by atoms with E-state index in [0.29, 0.717) is 0 Å². The molecule has 0 aliphatic carbocycles. The Morgan fingerprint density at radius 2 is 1.65 bits per heavy atom. The molecule has 0 bridgehead atoms. The molecular formula is C11H10O6. The number of carboxylic acid groups (broad SMARTS) is 1. The quantitative estimate of drug-likeness (QED) is 0.805. The van der Waals surface area contributed by atoms with Crippen molar-refractivity contribution in [1.29, 1.82) is 0 Å². The summed E-state index contributed by atoms with van der Waals surface area (Å²) in [6, 6.07) is 6.10. The number of ether oxygens (including phenoxy) is 1. The molecule has 0 atom stereocenters. The van der Waals surface area contributed by atoms with Crippen molar-refractivity contribution >= 4 is 11.9 Å². The molecule has 0 saturated carbocycles. The van der Waals surface area contributed by atoms with Gasteiger partial charge in [0.05, 0.1) is 19.6 Å². The Kier molecular flexibility index (Phi) is 4.56. The van der Waals surface area contributed by atoms with Gasteiger partial charge in [-0.25, -0.2) is 9.59 Å². The number of carbonyl (C=O) groups excluding carboxylic acids is 1. The number of hydrogen-bond acceptors (Lipinski definition) is 5. The minimum absolute atomic E-state index is 0.0231. The summed E-state index contributed by atoms with van der Waals surface area (Å²) in [5.41, 5.74) is 0. The number of methoxy groups -OCH3 is 1. The van der Waals surface area contributed by atoms with Crippen molar-refractivity contribution in [3.8, 4) is 0 Å². The largest absolute Gasteiger partial charge is 0.475 e. The van der Waals surface area contributed by atoms with Crippen molar-refractivity contribution in [1.82, 2.24) is 0 Å². The molecule has 0 amide bonds. The van der Waals surface area contributed by atoms with Crippen LogP contribution < -0.4 is 0 Å². The summed E-state index contributed by atoms with van der Waals surface area (Å²) in [6.45, 7) is 0. The third-order valence-corrected chi connectivity index (χ3v) is 1.64. The highest BCUT2D eigenvalue weighted by molar-refractivity contribution is 5.86. The van der Waals surface area contributed by atoms with Gasteiger partial charge in [0, 0.05) is 0 Å². The zero-order valence-electron chi connectivity index (χ0n) is 8.95. The predicted octanol–water partition coefficient (Wildman–Crippen LogP) is 2.04. The van der Waals surface area contributed by atoms with Crippen LogP contribution >= 0.6 is 0 Å². The monoisotopic (exact) mass is 238 g/mol. The second-order valence-corrected chi connectivity index (χ2v) is 2.75. The van der Waals surface area contributed by atoms with Crippen molar-refractivity contribution in [2.45, 2.75) is 0 Å². The molecule has 2 aromatic rings. The zero-order valence-corrected chi connectivity index (χ0v) is 8.95. The first-order chi connectivity index (χ1) is 8.15. The Morgan fingerprint density at radius 3 is 1.94 bits per heavy atom. The van der Waals surface area contributed by atoms with E-state index in [0.717, 1.165) is 0 Å². The van der Waals surface area contributed by atoms with E-state index in [2.05, 4.69) is 9.15 Å². The van der Waals surface area contributed by atoms with Gasteiger partial charge in [0.1, 0.15) is 0 Å². The zero-order chi connectivity index (χ0) is 12.7. The maximum Gasteiger partial charge on any atom is 0.373 e. The molecule has 0 fully saturated rings. The lowest BCUT2D eigenvalue weighted by atomic mass is 10.5. The van der Waals surface area contributed by atoms with Gasteiger partial charge >= 0.3 is 11.9 Å². The molecule has 6 nitrogen and oxygen atoms in total. The first kappa shape index (κ1) is 12.6. The van der Waals surface area contributed by atoms with Crippen LogP contribution in [0.4, 0.5) is 0 Å². The Balaban J connectivity index is 0.000000171. The lowest BCUT2D eigenvalue weighted by Crippen LogP contribution is -1.97. The normalized spacial score (nSPS) is 9.00. The van der Waals surface area contributed by atoms with Gasteiger partial charge in [-0.3, -0.25) is 0 Å². The maximum atomic E-state index is 10.6. The van der Waals surface area contributed by atoms with Crippen LogP contribution in [0, 0.1) is 0 Å². The van der Waals surface area contributed by atoms with Crippen molar-refractivity contribution in [2.24, 2.45) is 0 Å². The minimum Gasteiger partial charge on any atom is -0.475 e. The van der Waals surface area contributed by atoms with Crippen LogP contribution in [-0.4, -0.2) is 24.2 Å². The standard InChI is InChI=1S/C6H6O3.C5H4O3/c1-8-6(7)5-3-2-4-9-5;6-5(7)4-2-1-3-8-4/h2-4H,1H3;1-3H,(H,6,7). The van der Waals surface area contributed by atoms with Gasteiger partial charge in [-0.2, -0.15) is 0 Å². The van der Waals surface area contributed by atoms with Gasteiger partial charge in [0.25, 0.3) is 0 Å². The predicted molar refractivity (Wildman–Crippen MR) is 55.7 cm³/mol. The first-order valence-corrected chi connectivity index (χ1v) is 4.53. The van der Waals surface area contributed by atoms with Crippen LogP contribution in [0.1, 0.15) is 21.1 Å². The summed E-state index contributed by atoms with van der Waals surface area (Å²) in [7, 11) is 1.31. The van der Waals surface area contributed by atoms with E-state index in [1.807, 2.05) is 0 Å². The summed E-state index contributed by atoms with van der Waals surface area (Å²) in [4.78, 5) is 20.5. The fraction of sp³-hybridized carbons (Fsp3) is 0.0909. The van der Waals surface area contributed by atoms with E-state index >= 15 is 0 Å². The fourth-order valence-corrected chi connectivity index (χ4v) is 0.896. The van der Waals surface area contributed by atoms with Gasteiger partial charge < -0.3 is 18.7 Å². The topological polar surface area (TPSA) is 89.9 Å². The molecule has 0 unspecified atom stereocenters. The smallest absolute Gasteiger partial charge is 0.373 e. The van der Waals surface area contributed by atoms with Gasteiger partial charge in [0.15, 0.2) is 0 Å². The lowest BCUT2D eigenvalue weighted by molar-refractivity contribution is 0.0564. The molecule has 2 heterocycles. The maximum absolute atomic E-state index is 10.6. The molecule has 17 heavy (non-hydrogen) atoms. The molecule has 2 rings (SSSR count). The molecule has 6 heteroatoms. The van der Waals surface area contributed by atoms with E-state index in [1.165, 1.54) is 31.8 Å². The number of aromatic carboxylic acids is 1. The van der Waals surface area contributed by atoms with E-state index in [9.17, 15) is 9.59 Å². The Morgan fingerprint density at radius 1 is 1.12 bits per heavy atom.